The number of nitrogens with zero attached hydrogens (tertiary/aromatic N) is 1. The van der Waals surface area contributed by atoms with E-state index in [2.05, 4.69) is 5.32 Å². The SMILES string of the molecule is CCS(=O)(=O)N1CCC(NC(C)=O)(c2ccc(C)cc2)CC1. The van der Waals surface area contributed by atoms with Gasteiger partial charge in [0.2, 0.25) is 15.9 Å². The fourth-order valence-electron chi connectivity index (χ4n) is 3.02. The first-order valence-electron chi connectivity index (χ1n) is 7.63. The molecule has 1 aliphatic rings. The van der Waals surface area contributed by atoms with Gasteiger partial charge in [-0.3, -0.25) is 4.79 Å². The summed E-state index contributed by atoms with van der Waals surface area (Å²) in [6.07, 6.45) is 1.18. The van der Waals surface area contributed by atoms with Crippen LogP contribution in [0.4, 0.5) is 0 Å². The molecule has 0 spiro atoms. The molecular formula is C16H24N2O3S. The Bertz CT molecular complexity index is 630. The molecule has 0 unspecified atom stereocenters. The Morgan fingerprint density at radius 3 is 2.23 bits per heavy atom. The number of sulfonamides is 1. The van der Waals surface area contributed by atoms with E-state index >= 15 is 0 Å². The fraction of sp³-hybridized carbons (Fsp3) is 0.562. The minimum atomic E-state index is -3.17. The standard InChI is InChI=1S/C16H24N2O3S/c1-4-22(20,21)18-11-9-16(10-12-18,17-14(3)19)15-7-5-13(2)6-8-15/h5-8H,4,9-12H2,1-3H3,(H,17,19). The number of benzene rings is 1. The van der Waals surface area contributed by atoms with Crippen molar-refractivity contribution in [3.63, 3.8) is 0 Å². The van der Waals surface area contributed by atoms with Crippen molar-refractivity contribution in [2.75, 3.05) is 18.8 Å². The average Bonchev–Trinajstić information content (AvgIpc) is 2.47. The van der Waals surface area contributed by atoms with E-state index in [-0.39, 0.29) is 11.7 Å². The van der Waals surface area contributed by atoms with E-state index in [0.717, 1.165) is 11.1 Å². The van der Waals surface area contributed by atoms with Gasteiger partial charge in [-0.25, -0.2) is 12.7 Å². The maximum absolute atomic E-state index is 12.0. The smallest absolute Gasteiger partial charge is 0.217 e. The van der Waals surface area contributed by atoms with Crippen molar-refractivity contribution in [3.8, 4) is 0 Å². The van der Waals surface area contributed by atoms with Crippen LogP contribution in [-0.4, -0.2) is 37.5 Å². The first-order chi connectivity index (χ1) is 10.3. The zero-order chi connectivity index (χ0) is 16.4. The molecule has 0 atom stereocenters. The van der Waals surface area contributed by atoms with Crippen molar-refractivity contribution in [3.05, 3.63) is 35.4 Å². The lowest BCUT2D eigenvalue weighted by atomic mass is 9.81. The molecule has 1 aromatic rings. The number of carbonyl (C=O) groups excluding carboxylic acids is 1. The summed E-state index contributed by atoms with van der Waals surface area (Å²) in [5, 5.41) is 3.06. The second-order valence-corrected chi connectivity index (χ2v) is 8.19. The van der Waals surface area contributed by atoms with Gasteiger partial charge in [0.05, 0.1) is 11.3 Å². The molecule has 0 radical (unpaired) electrons. The maximum Gasteiger partial charge on any atom is 0.217 e. The highest BCUT2D eigenvalue weighted by molar-refractivity contribution is 7.89. The minimum Gasteiger partial charge on any atom is -0.347 e. The number of hydrogen-bond donors (Lipinski definition) is 1. The third kappa shape index (κ3) is 3.50. The van der Waals surface area contributed by atoms with Crippen LogP contribution in [0.5, 0.6) is 0 Å². The van der Waals surface area contributed by atoms with Crippen molar-refractivity contribution in [1.82, 2.24) is 9.62 Å². The molecule has 0 bridgehead atoms. The van der Waals surface area contributed by atoms with Crippen molar-refractivity contribution in [2.24, 2.45) is 0 Å². The van der Waals surface area contributed by atoms with E-state index in [0.29, 0.717) is 25.9 Å². The average molecular weight is 324 g/mol. The summed E-state index contributed by atoms with van der Waals surface area (Å²) in [6.45, 7) is 6.05. The Morgan fingerprint density at radius 2 is 1.77 bits per heavy atom. The molecule has 6 heteroatoms. The third-order valence-electron chi connectivity index (χ3n) is 4.35. The lowest BCUT2D eigenvalue weighted by Crippen LogP contribution is -2.53. The van der Waals surface area contributed by atoms with Crippen LogP contribution in [0.1, 0.15) is 37.8 Å². The van der Waals surface area contributed by atoms with Gasteiger partial charge in [0.25, 0.3) is 0 Å². The molecule has 1 aliphatic heterocycles. The van der Waals surface area contributed by atoms with Gasteiger partial charge in [-0.05, 0) is 32.3 Å². The van der Waals surface area contributed by atoms with E-state index in [1.54, 1.807) is 6.92 Å². The van der Waals surface area contributed by atoms with Crippen LogP contribution in [0.3, 0.4) is 0 Å². The molecule has 22 heavy (non-hydrogen) atoms. The van der Waals surface area contributed by atoms with Gasteiger partial charge in [0.1, 0.15) is 0 Å². The van der Waals surface area contributed by atoms with Crippen LogP contribution in [0.25, 0.3) is 0 Å². The monoisotopic (exact) mass is 324 g/mol. The van der Waals surface area contributed by atoms with E-state index < -0.39 is 15.6 Å². The van der Waals surface area contributed by atoms with Crippen molar-refractivity contribution in [1.29, 1.82) is 0 Å². The van der Waals surface area contributed by atoms with Gasteiger partial charge in [0.15, 0.2) is 0 Å². The molecule has 2 rings (SSSR count). The molecule has 1 aromatic carbocycles. The Kier molecular flexibility index (Phi) is 4.92. The Morgan fingerprint density at radius 1 is 1.23 bits per heavy atom. The predicted molar refractivity (Wildman–Crippen MR) is 86.9 cm³/mol. The van der Waals surface area contributed by atoms with Gasteiger partial charge in [-0.15, -0.1) is 0 Å². The van der Waals surface area contributed by atoms with Crippen molar-refractivity contribution >= 4 is 15.9 Å². The number of aryl methyl sites for hydroxylation is 1. The zero-order valence-electron chi connectivity index (χ0n) is 13.4. The van der Waals surface area contributed by atoms with Gasteiger partial charge >= 0.3 is 0 Å². The van der Waals surface area contributed by atoms with Crippen molar-refractivity contribution < 1.29 is 13.2 Å². The molecule has 1 fully saturated rings. The highest BCUT2D eigenvalue weighted by Crippen LogP contribution is 2.34. The number of nitrogens with one attached hydrogen (secondary N) is 1. The van der Waals surface area contributed by atoms with Gasteiger partial charge < -0.3 is 5.32 Å². The first-order valence-corrected chi connectivity index (χ1v) is 9.24. The normalized spacial score (nSPS) is 18.9. The topological polar surface area (TPSA) is 66.5 Å². The summed E-state index contributed by atoms with van der Waals surface area (Å²) < 4.78 is 25.5. The second kappa shape index (κ2) is 6.38. The Labute approximate surface area is 132 Å². The summed E-state index contributed by atoms with van der Waals surface area (Å²) in [7, 11) is -3.17. The number of rotatable bonds is 4. The summed E-state index contributed by atoms with van der Waals surface area (Å²) >= 11 is 0. The van der Waals surface area contributed by atoms with E-state index in [1.807, 2.05) is 31.2 Å². The summed E-state index contributed by atoms with van der Waals surface area (Å²) in [5.41, 5.74) is 1.73. The zero-order valence-corrected chi connectivity index (χ0v) is 14.2. The molecule has 0 aromatic heterocycles. The summed E-state index contributed by atoms with van der Waals surface area (Å²) in [4.78, 5) is 11.6. The molecule has 122 valence electrons. The quantitative estimate of drug-likeness (QED) is 0.918. The molecule has 5 nitrogen and oxygen atoms in total. The van der Waals surface area contributed by atoms with E-state index in [4.69, 9.17) is 0 Å². The van der Waals surface area contributed by atoms with Crippen molar-refractivity contribution in [2.45, 2.75) is 39.2 Å². The number of hydrogen-bond acceptors (Lipinski definition) is 3. The largest absolute Gasteiger partial charge is 0.347 e. The maximum atomic E-state index is 12.0. The number of piperidine rings is 1. The van der Waals surface area contributed by atoms with Crippen LogP contribution in [-0.2, 0) is 20.4 Å². The highest BCUT2D eigenvalue weighted by atomic mass is 32.2. The fourth-order valence-corrected chi connectivity index (χ4v) is 4.13. The van der Waals surface area contributed by atoms with Gasteiger partial charge in [0, 0.05) is 20.0 Å². The molecule has 0 aliphatic carbocycles. The summed E-state index contributed by atoms with van der Waals surface area (Å²) in [5.74, 6) is 0.0253. The molecule has 1 heterocycles. The van der Waals surface area contributed by atoms with Crippen LogP contribution in [0, 0.1) is 6.92 Å². The second-order valence-electron chi connectivity index (χ2n) is 5.93. The third-order valence-corrected chi connectivity index (χ3v) is 6.24. The lowest BCUT2D eigenvalue weighted by molar-refractivity contribution is -0.121. The minimum absolute atomic E-state index is 0.0904. The first kappa shape index (κ1) is 17.0. The van der Waals surface area contributed by atoms with Crippen LogP contribution in [0.2, 0.25) is 0 Å². The number of amides is 1. The molecular weight excluding hydrogens is 300 g/mol. The van der Waals surface area contributed by atoms with E-state index in [9.17, 15) is 13.2 Å². The molecule has 1 amide bonds. The van der Waals surface area contributed by atoms with Gasteiger partial charge in [-0.1, -0.05) is 29.8 Å². The van der Waals surface area contributed by atoms with Crippen LogP contribution >= 0.6 is 0 Å². The number of carbonyl (C=O) groups is 1. The molecule has 1 N–H and O–H groups in total. The van der Waals surface area contributed by atoms with E-state index in [1.165, 1.54) is 11.2 Å². The van der Waals surface area contributed by atoms with Crippen LogP contribution < -0.4 is 5.32 Å². The Hall–Kier alpha value is -1.40. The van der Waals surface area contributed by atoms with Gasteiger partial charge in [-0.2, -0.15) is 0 Å². The highest BCUT2D eigenvalue weighted by Gasteiger charge is 2.39. The molecule has 1 saturated heterocycles. The summed E-state index contributed by atoms with van der Waals surface area (Å²) in [6, 6.07) is 8.09. The Balaban J connectivity index is 2.27. The van der Waals surface area contributed by atoms with Crippen LogP contribution in [0.15, 0.2) is 24.3 Å². The lowest BCUT2D eigenvalue weighted by Gasteiger charge is -2.42. The molecule has 0 saturated carbocycles. The predicted octanol–water partition coefficient (Wildman–Crippen LogP) is 1.77.